The zero-order chi connectivity index (χ0) is 21.6. The zero-order valence-corrected chi connectivity index (χ0v) is 17.9. The Hall–Kier alpha value is -2.77. The highest BCUT2D eigenvalue weighted by atomic mass is 19.1. The summed E-state index contributed by atoms with van der Waals surface area (Å²) in [5.74, 6) is 1.12. The highest BCUT2D eigenvalue weighted by molar-refractivity contribution is 5.79. The molecule has 4 rings (SSSR count). The number of nitrogens with zero attached hydrogens (tertiary/aromatic N) is 5. The van der Waals surface area contributed by atoms with E-state index in [4.69, 9.17) is 0 Å². The van der Waals surface area contributed by atoms with Crippen LogP contribution in [0.3, 0.4) is 0 Å². The second-order valence-corrected chi connectivity index (χ2v) is 8.38. The van der Waals surface area contributed by atoms with Gasteiger partial charge in [0.1, 0.15) is 0 Å². The van der Waals surface area contributed by atoms with Crippen LogP contribution in [-0.4, -0.2) is 51.5 Å². The number of carbonyl (C=O) groups is 1. The minimum absolute atomic E-state index is 0.105. The van der Waals surface area contributed by atoms with Crippen molar-refractivity contribution in [3.05, 3.63) is 40.7 Å². The molecule has 3 atom stereocenters. The Bertz CT molecular complexity index is 1010. The van der Waals surface area contributed by atoms with Crippen molar-refractivity contribution in [3.8, 4) is 11.3 Å². The molecule has 2 aliphatic rings. The third kappa shape index (κ3) is 3.38. The number of piperidine rings is 1. The Kier molecular flexibility index (Phi) is 5.34. The van der Waals surface area contributed by atoms with Crippen LogP contribution in [0.25, 0.3) is 11.3 Å². The number of pyridine rings is 1. The highest BCUT2D eigenvalue weighted by Crippen LogP contribution is 2.49. The molecule has 0 N–H and O–H groups in total. The predicted molar refractivity (Wildman–Crippen MR) is 112 cm³/mol. The molecule has 1 saturated heterocycles. The number of aromatic nitrogens is 3. The predicted octanol–water partition coefficient (Wildman–Crippen LogP) is 2.31. The van der Waals surface area contributed by atoms with Crippen molar-refractivity contribution in [1.29, 1.82) is 0 Å². The molecule has 1 saturated carbocycles. The maximum absolute atomic E-state index is 14.2. The van der Waals surface area contributed by atoms with E-state index in [1.807, 2.05) is 16.8 Å². The quantitative estimate of drug-likeness (QED) is 0.727. The molecule has 3 heterocycles. The summed E-state index contributed by atoms with van der Waals surface area (Å²) in [5, 5.41) is 0. The molecular weight excluding hydrogens is 385 g/mol. The molecule has 1 aliphatic carbocycles. The second kappa shape index (κ2) is 7.81. The number of likely N-dealkylation sites (tertiary alicyclic amines) is 1. The minimum Gasteiger partial charge on any atom is -0.342 e. The van der Waals surface area contributed by atoms with E-state index in [9.17, 15) is 14.0 Å². The van der Waals surface area contributed by atoms with Gasteiger partial charge in [0.05, 0.1) is 11.9 Å². The maximum atomic E-state index is 14.2. The number of carbonyl (C=O) groups excluding carboxylic acids is 1. The van der Waals surface area contributed by atoms with Crippen LogP contribution in [0.4, 0.5) is 10.3 Å². The molecule has 0 bridgehead atoms. The summed E-state index contributed by atoms with van der Waals surface area (Å²) in [6.45, 7) is 5.62. The first-order valence-corrected chi connectivity index (χ1v) is 10.6. The van der Waals surface area contributed by atoms with Gasteiger partial charge >= 0.3 is 0 Å². The van der Waals surface area contributed by atoms with Gasteiger partial charge in [0.25, 0.3) is 5.56 Å². The number of hydrogen-bond acceptors (Lipinski definition) is 5. The molecule has 0 aromatic carbocycles. The van der Waals surface area contributed by atoms with Gasteiger partial charge in [-0.2, -0.15) is 0 Å². The number of halogens is 1. The van der Waals surface area contributed by atoms with Crippen molar-refractivity contribution in [1.82, 2.24) is 19.4 Å². The van der Waals surface area contributed by atoms with Crippen molar-refractivity contribution in [3.63, 3.8) is 0 Å². The van der Waals surface area contributed by atoms with E-state index in [1.165, 1.54) is 22.9 Å². The smallest absolute Gasteiger partial charge is 0.255 e. The van der Waals surface area contributed by atoms with E-state index < -0.39 is 5.82 Å². The summed E-state index contributed by atoms with van der Waals surface area (Å²) in [7, 11) is 3.60. The number of fused-ring (bicyclic) bond motifs is 1. The van der Waals surface area contributed by atoms with Gasteiger partial charge in [-0.25, -0.2) is 9.37 Å². The summed E-state index contributed by atoms with van der Waals surface area (Å²) < 4.78 is 15.7. The van der Waals surface area contributed by atoms with Gasteiger partial charge in [-0.3, -0.25) is 19.1 Å². The molecule has 0 radical (unpaired) electrons. The van der Waals surface area contributed by atoms with Crippen molar-refractivity contribution >= 4 is 11.9 Å². The molecule has 0 unspecified atom stereocenters. The largest absolute Gasteiger partial charge is 0.342 e. The molecule has 8 heteroatoms. The summed E-state index contributed by atoms with van der Waals surface area (Å²) in [6.07, 6.45) is 4.34. The fourth-order valence-electron chi connectivity index (χ4n) is 4.84. The summed E-state index contributed by atoms with van der Waals surface area (Å²) in [6, 6.07) is 3.10. The Morgan fingerprint density at radius 3 is 2.57 bits per heavy atom. The number of rotatable bonds is 6. The van der Waals surface area contributed by atoms with Crippen molar-refractivity contribution in [2.24, 2.45) is 24.8 Å². The lowest BCUT2D eigenvalue weighted by Gasteiger charge is -2.28. The van der Waals surface area contributed by atoms with Gasteiger partial charge in [-0.1, -0.05) is 13.8 Å². The van der Waals surface area contributed by atoms with Gasteiger partial charge in [-0.15, -0.1) is 0 Å². The summed E-state index contributed by atoms with van der Waals surface area (Å²) >= 11 is 0. The van der Waals surface area contributed by atoms with Gasteiger partial charge in [-0.05, 0) is 18.9 Å². The molecule has 2 fully saturated rings. The van der Waals surface area contributed by atoms with Crippen LogP contribution in [-0.2, 0) is 11.8 Å². The Balaban J connectivity index is 1.54. The normalized spacial score (nSPS) is 22.3. The molecule has 2 aromatic heterocycles. The van der Waals surface area contributed by atoms with Gasteiger partial charge in [0.15, 0.2) is 5.82 Å². The third-order valence-electron chi connectivity index (χ3n) is 6.72. The van der Waals surface area contributed by atoms with E-state index in [1.54, 1.807) is 7.05 Å². The average molecular weight is 413 g/mol. The molecule has 1 aliphatic heterocycles. The van der Waals surface area contributed by atoms with Crippen LogP contribution in [0.2, 0.25) is 0 Å². The monoisotopic (exact) mass is 413 g/mol. The fraction of sp³-hybridized carbons (Fsp3) is 0.545. The zero-order valence-electron chi connectivity index (χ0n) is 17.9. The van der Waals surface area contributed by atoms with E-state index in [0.29, 0.717) is 23.5 Å². The van der Waals surface area contributed by atoms with E-state index in [2.05, 4.69) is 23.8 Å². The van der Waals surface area contributed by atoms with E-state index in [-0.39, 0.29) is 29.0 Å². The lowest BCUT2D eigenvalue weighted by atomic mass is 10.0. The van der Waals surface area contributed by atoms with E-state index in [0.717, 1.165) is 32.1 Å². The van der Waals surface area contributed by atoms with Gasteiger partial charge < -0.3 is 9.80 Å². The fourth-order valence-corrected chi connectivity index (χ4v) is 4.84. The molecule has 160 valence electrons. The van der Waals surface area contributed by atoms with Crippen molar-refractivity contribution < 1.29 is 9.18 Å². The summed E-state index contributed by atoms with van der Waals surface area (Å²) in [4.78, 5) is 37.6. The SMILES string of the molecule is CCC(CC)C(=O)N1C[C@@H]2[C@H](C1)[C@@H]2N(C)c1nc(-c2ccncc2F)cc(=O)n1C. The van der Waals surface area contributed by atoms with Gasteiger partial charge in [0.2, 0.25) is 11.9 Å². The second-order valence-electron chi connectivity index (χ2n) is 8.38. The Labute approximate surface area is 175 Å². The van der Waals surface area contributed by atoms with Gasteiger partial charge in [0, 0.05) is 68.8 Å². The third-order valence-corrected chi connectivity index (χ3v) is 6.72. The standard InChI is InChI=1S/C22H28FN5O2/c1-5-13(6-2)21(30)28-11-15-16(12-28)20(15)27(4)22-25-18(9-19(29)26(22)3)14-7-8-24-10-17(14)23/h7-10,13,15-16,20H,5-6,11-12H2,1-4H3/t15-,16+,20-. The first-order valence-electron chi connectivity index (χ1n) is 10.6. The lowest BCUT2D eigenvalue weighted by Crippen LogP contribution is -2.40. The van der Waals surface area contributed by atoms with Crippen LogP contribution < -0.4 is 10.5 Å². The summed E-state index contributed by atoms with van der Waals surface area (Å²) in [5.41, 5.74) is 0.320. The number of amides is 1. The average Bonchev–Trinajstić information content (AvgIpc) is 3.23. The number of anilines is 1. The Morgan fingerprint density at radius 2 is 1.97 bits per heavy atom. The van der Waals surface area contributed by atoms with Crippen LogP contribution in [0.15, 0.2) is 29.3 Å². The molecule has 7 nitrogen and oxygen atoms in total. The first-order chi connectivity index (χ1) is 14.4. The van der Waals surface area contributed by atoms with Crippen LogP contribution in [0.1, 0.15) is 26.7 Å². The maximum Gasteiger partial charge on any atom is 0.255 e. The molecular formula is C22H28FN5O2. The van der Waals surface area contributed by atoms with Crippen molar-refractivity contribution in [2.75, 3.05) is 25.0 Å². The molecule has 1 amide bonds. The highest BCUT2D eigenvalue weighted by Gasteiger charge is 2.59. The first kappa shape index (κ1) is 20.5. The minimum atomic E-state index is -0.509. The molecule has 2 aromatic rings. The van der Waals surface area contributed by atoms with Crippen LogP contribution >= 0.6 is 0 Å². The molecule has 30 heavy (non-hydrogen) atoms. The molecule has 0 spiro atoms. The Morgan fingerprint density at radius 1 is 1.30 bits per heavy atom. The van der Waals surface area contributed by atoms with Crippen LogP contribution in [0.5, 0.6) is 0 Å². The van der Waals surface area contributed by atoms with Crippen LogP contribution in [0, 0.1) is 23.6 Å². The van der Waals surface area contributed by atoms with Crippen molar-refractivity contribution in [2.45, 2.75) is 32.7 Å². The topological polar surface area (TPSA) is 71.3 Å². The lowest BCUT2D eigenvalue weighted by molar-refractivity contribution is -0.135. The van der Waals surface area contributed by atoms with E-state index >= 15 is 0 Å². The number of hydrogen-bond donors (Lipinski definition) is 0.